The quantitative estimate of drug-likeness (QED) is 0.738. The van der Waals surface area contributed by atoms with Gasteiger partial charge in [-0.05, 0) is 23.8 Å². The molecule has 0 radical (unpaired) electrons. The zero-order valence-electron chi connectivity index (χ0n) is 8.58. The van der Waals surface area contributed by atoms with Crippen LogP contribution in [0.3, 0.4) is 0 Å². The van der Waals surface area contributed by atoms with Crippen LogP contribution in [0.15, 0.2) is 30.3 Å². The van der Waals surface area contributed by atoms with Crippen molar-refractivity contribution < 1.29 is 4.79 Å². The molecule has 0 spiro atoms. The molecule has 1 rings (SSSR count). The first-order chi connectivity index (χ1) is 6.77. The molecule has 2 heteroatoms. The van der Waals surface area contributed by atoms with Crippen LogP contribution >= 0.6 is 0 Å². The molecule has 0 aliphatic carbocycles. The van der Waals surface area contributed by atoms with Crippen molar-refractivity contribution in [3.05, 3.63) is 35.9 Å². The fourth-order valence-corrected chi connectivity index (χ4v) is 1.17. The minimum atomic E-state index is 0.149. The van der Waals surface area contributed by atoms with E-state index in [0.29, 0.717) is 6.42 Å². The third-order valence-electron chi connectivity index (χ3n) is 2.03. The highest BCUT2D eigenvalue weighted by molar-refractivity contribution is 5.94. The fourth-order valence-electron chi connectivity index (χ4n) is 1.17. The van der Waals surface area contributed by atoms with Gasteiger partial charge in [0.1, 0.15) is 0 Å². The van der Waals surface area contributed by atoms with Gasteiger partial charge in [0.15, 0.2) is 5.78 Å². The highest BCUT2D eigenvalue weighted by Crippen LogP contribution is 2.15. The van der Waals surface area contributed by atoms with Gasteiger partial charge >= 0.3 is 0 Å². The van der Waals surface area contributed by atoms with Gasteiger partial charge < -0.3 is 5.32 Å². The molecular weight excluding hydrogens is 174 g/mol. The van der Waals surface area contributed by atoms with Crippen molar-refractivity contribution in [1.82, 2.24) is 0 Å². The van der Waals surface area contributed by atoms with Crippen LogP contribution in [0.2, 0.25) is 0 Å². The maximum atomic E-state index is 11.1. The van der Waals surface area contributed by atoms with Crippen molar-refractivity contribution in [2.75, 3.05) is 12.4 Å². The molecule has 0 saturated carbocycles. The second-order valence-electron chi connectivity index (χ2n) is 2.99. The molecule has 0 heterocycles. The molecule has 14 heavy (non-hydrogen) atoms. The van der Waals surface area contributed by atoms with Crippen LogP contribution in [0.1, 0.15) is 18.9 Å². The Bertz CT molecular complexity index is 342. The normalized spacial score (nSPS) is 10.4. The summed E-state index contributed by atoms with van der Waals surface area (Å²) in [6.07, 6.45) is 4.02. The maximum Gasteiger partial charge on any atom is 0.155 e. The first kappa shape index (κ1) is 10.5. The van der Waals surface area contributed by atoms with Crippen LogP contribution in [0.5, 0.6) is 0 Å². The van der Waals surface area contributed by atoms with Gasteiger partial charge in [-0.25, -0.2) is 0 Å². The molecule has 1 aromatic carbocycles. The standard InChI is InChI=1S/C12H15NO/c1-3-11(14)9-8-10-6-4-5-7-12(10)13-2/h4-9,13H,3H2,1-2H3/b9-8+. The third kappa shape index (κ3) is 2.73. The predicted molar refractivity (Wildman–Crippen MR) is 60.3 cm³/mol. The van der Waals surface area contributed by atoms with E-state index in [9.17, 15) is 4.79 Å². The molecule has 1 N–H and O–H groups in total. The summed E-state index contributed by atoms with van der Waals surface area (Å²) < 4.78 is 0. The smallest absolute Gasteiger partial charge is 0.155 e. The Hall–Kier alpha value is -1.57. The molecule has 0 fully saturated rings. The van der Waals surface area contributed by atoms with Crippen molar-refractivity contribution in [2.45, 2.75) is 13.3 Å². The number of ketones is 1. The van der Waals surface area contributed by atoms with Gasteiger partial charge in [0, 0.05) is 19.2 Å². The second kappa shape index (κ2) is 5.22. The van der Waals surface area contributed by atoms with E-state index in [0.717, 1.165) is 11.3 Å². The molecule has 1 aromatic rings. The van der Waals surface area contributed by atoms with Crippen molar-refractivity contribution >= 4 is 17.5 Å². The number of hydrogen-bond acceptors (Lipinski definition) is 2. The van der Waals surface area contributed by atoms with Crippen LogP contribution < -0.4 is 5.32 Å². The number of anilines is 1. The largest absolute Gasteiger partial charge is 0.388 e. The number of allylic oxidation sites excluding steroid dienone is 1. The molecule has 74 valence electrons. The van der Waals surface area contributed by atoms with E-state index in [1.165, 1.54) is 0 Å². The lowest BCUT2D eigenvalue weighted by Crippen LogP contribution is -1.92. The number of carbonyl (C=O) groups is 1. The van der Waals surface area contributed by atoms with Gasteiger partial charge in [-0.3, -0.25) is 4.79 Å². The topological polar surface area (TPSA) is 29.1 Å². The summed E-state index contributed by atoms with van der Waals surface area (Å²) in [5, 5.41) is 3.07. The van der Waals surface area contributed by atoms with E-state index in [1.54, 1.807) is 6.08 Å². The summed E-state index contributed by atoms with van der Waals surface area (Å²) in [7, 11) is 1.87. The van der Waals surface area contributed by atoms with Gasteiger partial charge in [0.25, 0.3) is 0 Å². The first-order valence-corrected chi connectivity index (χ1v) is 4.75. The molecule has 0 aliphatic heterocycles. The number of benzene rings is 1. The molecule has 0 atom stereocenters. The molecule has 0 aliphatic rings. The predicted octanol–water partition coefficient (Wildman–Crippen LogP) is 2.72. The summed E-state index contributed by atoms with van der Waals surface area (Å²) >= 11 is 0. The summed E-state index contributed by atoms with van der Waals surface area (Å²) in [4.78, 5) is 11.1. The number of para-hydroxylation sites is 1. The molecule has 0 aromatic heterocycles. The van der Waals surface area contributed by atoms with Gasteiger partial charge in [-0.1, -0.05) is 25.1 Å². The SMILES string of the molecule is CCC(=O)/C=C/c1ccccc1NC. The Balaban J connectivity index is 2.85. The maximum absolute atomic E-state index is 11.1. The third-order valence-corrected chi connectivity index (χ3v) is 2.03. The monoisotopic (exact) mass is 189 g/mol. The Kier molecular flexibility index (Phi) is 3.92. The minimum Gasteiger partial charge on any atom is -0.388 e. The lowest BCUT2D eigenvalue weighted by atomic mass is 10.1. The average molecular weight is 189 g/mol. The van der Waals surface area contributed by atoms with Gasteiger partial charge in [0.05, 0.1) is 0 Å². The Morgan fingerprint density at radius 2 is 2.14 bits per heavy atom. The molecule has 0 bridgehead atoms. The number of hydrogen-bond donors (Lipinski definition) is 1. The summed E-state index contributed by atoms with van der Waals surface area (Å²) in [6.45, 7) is 1.86. The van der Waals surface area contributed by atoms with Crippen molar-refractivity contribution in [1.29, 1.82) is 0 Å². The van der Waals surface area contributed by atoms with E-state index < -0.39 is 0 Å². The number of nitrogens with one attached hydrogen (secondary N) is 1. The van der Waals surface area contributed by atoms with Crippen LogP contribution in [0.4, 0.5) is 5.69 Å². The second-order valence-corrected chi connectivity index (χ2v) is 2.99. The van der Waals surface area contributed by atoms with E-state index in [4.69, 9.17) is 0 Å². The van der Waals surface area contributed by atoms with Gasteiger partial charge in [-0.2, -0.15) is 0 Å². The Morgan fingerprint density at radius 1 is 1.43 bits per heavy atom. The Morgan fingerprint density at radius 3 is 2.79 bits per heavy atom. The summed E-state index contributed by atoms with van der Waals surface area (Å²) in [5.41, 5.74) is 2.07. The highest BCUT2D eigenvalue weighted by Gasteiger charge is 1.95. The van der Waals surface area contributed by atoms with Crippen LogP contribution in [-0.4, -0.2) is 12.8 Å². The van der Waals surface area contributed by atoms with Crippen LogP contribution in [-0.2, 0) is 4.79 Å². The highest BCUT2D eigenvalue weighted by atomic mass is 16.1. The lowest BCUT2D eigenvalue weighted by Gasteiger charge is -2.03. The van der Waals surface area contributed by atoms with Crippen LogP contribution in [0.25, 0.3) is 6.08 Å². The fraction of sp³-hybridized carbons (Fsp3) is 0.250. The van der Waals surface area contributed by atoms with Gasteiger partial charge in [0.2, 0.25) is 0 Å². The first-order valence-electron chi connectivity index (χ1n) is 4.75. The van der Waals surface area contributed by atoms with E-state index in [-0.39, 0.29) is 5.78 Å². The molecule has 0 saturated heterocycles. The zero-order valence-corrected chi connectivity index (χ0v) is 8.58. The number of rotatable bonds is 4. The van der Waals surface area contributed by atoms with E-state index >= 15 is 0 Å². The van der Waals surface area contributed by atoms with Crippen molar-refractivity contribution in [2.24, 2.45) is 0 Å². The van der Waals surface area contributed by atoms with E-state index in [2.05, 4.69) is 5.32 Å². The summed E-state index contributed by atoms with van der Waals surface area (Å²) in [5.74, 6) is 0.149. The minimum absolute atomic E-state index is 0.149. The lowest BCUT2D eigenvalue weighted by molar-refractivity contribution is -0.114. The molecule has 0 unspecified atom stereocenters. The van der Waals surface area contributed by atoms with E-state index in [1.807, 2.05) is 44.3 Å². The zero-order chi connectivity index (χ0) is 10.4. The van der Waals surface area contributed by atoms with Crippen molar-refractivity contribution in [3.8, 4) is 0 Å². The van der Waals surface area contributed by atoms with Crippen molar-refractivity contribution in [3.63, 3.8) is 0 Å². The van der Waals surface area contributed by atoms with Crippen LogP contribution in [0, 0.1) is 0 Å². The molecule has 2 nitrogen and oxygen atoms in total. The Labute approximate surface area is 84.6 Å². The molecule has 0 amide bonds. The average Bonchev–Trinajstić information content (AvgIpc) is 2.26. The number of carbonyl (C=O) groups excluding carboxylic acids is 1. The summed E-state index contributed by atoms with van der Waals surface area (Å²) in [6, 6.07) is 7.88. The molecular formula is C12H15NO. The van der Waals surface area contributed by atoms with Gasteiger partial charge in [-0.15, -0.1) is 0 Å².